The lowest BCUT2D eigenvalue weighted by atomic mass is 10.1. The number of amides is 1. The van der Waals surface area contributed by atoms with Crippen molar-refractivity contribution in [2.75, 3.05) is 25.5 Å². The lowest BCUT2D eigenvalue weighted by Gasteiger charge is -2.16. The predicted octanol–water partition coefficient (Wildman–Crippen LogP) is 3.48. The minimum absolute atomic E-state index is 0.00768. The van der Waals surface area contributed by atoms with Gasteiger partial charge in [0.2, 0.25) is 5.91 Å². The summed E-state index contributed by atoms with van der Waals surface area (Å²) in [7, 11) is 1.78. The van der Waals surface area contributed by atoms with Crippen molar-refractivity contribution in [3.05, 3.63) is 65.9 Å². The zero-order valence-electron chi connectivity index (χ0n) is 15.1. The Morgan fingerprint density at radius 3 is 2.58 bits per heavy atom. The van der Waals surface area contributed by atoms with Gasteiger partial charge in [0.05, 0.1) is 13.1 Å². The zero-order chi connectivity index (χ0) is 18.5. The van der Waals surface area contributed by atoms with E-state index >= 15 is 0 Å². The smallest absolute Gasteiger partial charge is 0.238 e. The predicted molar refractivity (Wildman–Crippen MR) is 105 cm³/mol. The van der Waals surface area contributed by atoms with Crippen LogP contribution in [0, 0.1) is 0 Å². The van der Waals surface area contributed by atoms with Crippen molar-refractivity contribution in [3.63, 3.8) is 0 Å². The number of rotatable bonds is 7. The number of anilines is 1. The second-order valence-electron chi connectivity index (χ2n) is 6.40. The van der Waals surface area contributed by atoms with E-state index in [1.54, 1.807) is 18.1 Å². The quantitative estimate of drug-likeness (QED) is 0.642. The third-order valence-corrected chi connectivity index (χ3v) is 4.39. The molecule has 0 unspecified atom stereocenters. The van der Waals surface area contributed by atoms with Crippen LogP contribution >= 0.6 is 0 Å². The molecule has 0 saturated heterocycles. The van der Waals surface area contributed by atoms with Crippen molar-refractivity contribution in [1.29, 1.82) is 0 Å². The molecule has 0 fully saturated rings. The van der Waals surface area contributed by atoms with Crippen LogP contribution < -0.4 is 5.32 Å². The molecule has 0 saturated carbocycles. The highest BCUT2D eigenvalue weighted by molar-refractivity contribution is 6.08. The molecule has 0 aliphatic rings. The first-order valence-electron chi connectivity index (χ1n) is 8.74. The van der Waals surface area contributed by atoms with Crippen LogP contribution in [0.5, 0.6) is 0 Å². The van der Waals surface area contributed by atoms with Crippen LogP contribution in [0.1, 0.15) is 22.8 Å². The van der Waals surface area contributed by atoms with Gasteiger partial charge >= 0.3 is 0 Å². The Morgan fingerprint density at radius 2 is 1.77 bits per heavy atom. The van der Waals surface area contributed by atoms with Crippen LogP contribution in [-0.2, 0) is 11.2 Å². The number of ketones is 1. The Bertz CT molecular complexity index is 930. The van der Waals surface area contributed by atoms with E-state index in [9.17, 15) is 9.59 Å². The number of likely N-dealkylation sites (N-methyl/N-ethyl adjacent to an activating group) is 1. The SMILES string of the molecule is CCc1ccccc1NC(=O)CN(C)CC(=O)c1c[nH]c2ccccc12. The summed E-state index contributed by atoms with van der Waals surface area (Å²) < 4.78 is 0. The molecule has 2 aromatic carbocycles. The van der Waals surface area contributed by atoms with Crippen LogP contribution in [-0.4, -0.2) is 41.7 Å². The molecule has 0 radical (unpaired) electrons. The van der Waals surface area contributed by atoms with Gasteiger partial charge in [0.15, 0.2) is 5.78 Å². The van der Waals surface area contributed by atoms with Crippen LogP contribution in [0.3, 0.4) is 0 Å². The number of carbonyl (C=O) groups excluding carboxylic acids is 2. The van der Waals surface area contributed by atoms with Gasteiger partial charge in [-0.2, -0.15) is 0 Å². The number of aromatic amines is 1. The van der Waals surface area contributed by atoms with Gasteiger partial charge in [-0.15, -0.1) is 0 Å². The number of fused-ring (bicyclic) bond motifs is 1. The second kappa shape index (κ2) is 7.97. The molecule has 3 aromatic rings. The summed E-state index contributed by atoms with van der Waals surface area (Å²) in [5.41, 5.74) is 3.52. The average molecular weight is 349 g/mol. The highest BCUT2D eigenvalue weighted by atomic mass is 16.2. The zero-order valence-corrected chi connectivity index (χ0v) is 15.1. The van der Waals surface area contributed by atoms with Gasteiger partial charge in [-0.25, -0.2) is 0 Å². The number of H-pyrrole nitrogens is 1. The van der Waals surface area contributed by atoms with Crippen molar-refractivity contribution < 1.29 is 9.59 Å². The molecule has 1 aromatic heterocycles. The molecule has 5 heteroatoms. The maximum atomic E-state index is 12.6. The van der Waals surface area contributed by atoms with Gasteiger partial charge in [-0.1, -0.05) is 43.3 Å². The van der Waals surface area contributed by atoms with Gasteiger partial charge in [0.25, 0.3) is 0 Å². The number of Topliss-reactive ketones (excluding diaryl/α,β-unsaturated/α-hetero) is 1. The number of carbonyl (C=O) groups is 2. The summed E-state index contributed by atoms with van der Waals surface area (Å²) >= 11 is 0. The molecule has 2 N–H and O–H groups in total. The van der Waals surface area contributed by atoms with Crippen LogP contribution in [0.2, 0.25) is 0 Å². The van der Waals surface area contributed by atoms with Crippen molar-refractivity contribution in [1.82, 2.24) is 9.88 Å². The summed E-state index contributed by atoms with van der Waals surface area (Å²) in [5.74, 6) is -0.133. The number of hydrogen-bond acceptors (Lipinski definition) is 3. The molecule has 0 spiro atoms. The first-order valence-corrected chi connectivity index (χ1v) is 8.74. The fourth-order valence-corrected chi connectivity index (χ4v) is 3.07. The maximum absolute atomic E-state index is 12.6. The normalized spacial score (nSPS) is 11.0. The summed E-state index contributed by atoms with van der Waals surface area (Å²) in [6, 6.07) is 15.5. The van der Waals surface area contributed by atoms with Crippen LogP contribution in [0.15, 0.2) is 54.7 Å². The van der Waals surface area contributed by atoms with Crippen molar-refractivity contribution in [3.8, 4) is 0 Å². The first kappa shape index (κ1) is 17.9. The Balaban J connectivity index is 1.60. The third kappa shape index (κ3) is 4.00. The fraction of sp³-hybridized carbons (Fsp3) is 0.238. The van der Waals surface area contributed by atoms with Gasteiger partial charge in [-0.05, 0) is 31.2 Å². The lowest BCUT2D eigenvalue weighted by Crippen LogP contribution is -2.34. The lowest BCUT2D eigenvalue weighted by molar-refractivity contribution is -0.116. The molecule has 1 amide bonds. The fourth-order valence-electron chi connectivity index (χ4n) is 3.07. The number of aromatic nitrogens is 1. The molecular weight excluding hydrogens is 326 g/mol. The minimum Gasteiger partial charge on any atom is -0.360 e. The van der Waals surface area contributed by atoms with E-state index in [1.807, 2.05) is 48.5 Å². The second-order valence-corrected chi connectivity index (χ2v) is 6.40. The monoisotopic (exact) mass is 349 g/mol. The summed E-state index contributed by atoms with van der Waals surface area (Å²) in [4.78, 5) is 29.7. The molecule has 0 bridgehead atoms. The van der Waals surface area contributed by atoms with Gasteiger partial charge in [0.1, 0.15) is 0 Å². The van der Waals surface area contributed by atoms with Gasteiger partial charge in [0, 0.05) is 28.4 Å². The topological polar surface area (TPSA) is 65.2 Å². The number of nitrogens with zero attached hydrogens (tertiary/aromatic N) is 1. The maximum Gasteiger partial charge on any atom is 0.238 e. The van der Waals surface area contributed by atoms with Gasteiger partial charge < -0.3 is 10.3 Å². The molecule has 3 rings (SSSR count). The average Bonchev–Trinajstić information content (AvgIpc) is 3.06. The Hall–Kier alpha value is -2.92. The van der Waals surface area contributed by atoms with Crippen molar-refractivity contribution >= 4 is 28.3 Å². The Morgan fingerprint density at radius 1 is 1.04 bits per heavy atom. The van der Waals surface area contributed by atoms with Gasteiger partial charge in [-0.3, -0.25) is 14.5 Å². The molecule has 0 atom stereocenters. The van der Waals surface area contributed by atoms with E-state index in [0.29, 0.717) is 5.56 Å². The van der Waals surface area contributed by atoms with Crippen molar-refractivity contribution in [2.24, 2.45) is 0 Å². The van der Waals surface area contributed by atoms with E-state index < -0.39 is 0 Å². The molecule has 5 nitrogen and oxygen atoms in total. The van der Waals surface area contributed by atoms with Crippen LogP contribution in [0.25, 0.3) is 10.9 Å². The van der Waals surface area contributed by atoms with E-state index in [0.717, 1.165) is 28.6 Å². The Kier molecular flexibility index (Phi) is 5.49. The molecule has 0 aliphatic heterocycles. The highest BCUT2D eigenvalue weighted by Gasteiger charge is 2.16. The largest absolute Gasteiger partial charge is 0.360 e. The number of hydrogen-bond donors (Lipinski definition) is 2. The molecule has 26 heavy (non-hydrogen) atoms. The molecule has 134 valence electrons. The molecule has 0 aliphatic carbocycles. The molecule has 1 heterocycles. The number of benzene rings is 2. The number of para-hydroxylation sites is 2. The minimum atomic E-state index is -0.125. The van der Waals surface area contributed by atoms with E-state index in [-0.39, 0.29) is 24.8 Å². The Labute approximate surface area is 153 Å². The standard InChI is InChI=1S/C21H23N3O2/c1-3-15-8-4-6-10-18(15)23-21(26)14-24(2)13-20(25)17-12-22-19-11-7-5-9-16(17)19/h4-12,22H,3,13-14H2,1-2H3,(H,23,26). The molecular formula is C21H23N3O2. The van der Waals surface area contributed by atoms with E-state index in [1.165, 1.54) is 0 Å². The summed E-state index contributed by atoms with van der Waals surface area (Å²) in [6.07, 6.45) is 2.59. The summed E-state index contributed by atoms with van der Waals surface area (Å²) in [6.45, 7) is 2.40. The third-order valence-electron chi connectivity index (χ3n) is 4.39. The van der Waals surface area contributed by atoms with E-state index in [2.05, 4.69) is 17.2 Å². The van der Waals surface area contributed by atoms with Crippen molar-refractivity contribution in [2.45, 2.75) is 13.3 Å². The first-order chi connectivity index (χ1) is 12.6. The summed E-state index contributed by atoms with van der Waals surface area (Å²) in [5, 5.41) is 3.84. The number of aryl methyl sites for hydroxylation is 1. The van der Waals surface area contributed by atoms with Crippen LogP contribution in [0.4, 0.5) is 5.69 Å². The highest BCUT2D eigenvalue weighted by Crippen LogP contribution is 2.18. The van der Waals surface area contributed by atoms with E-state index in [4.69, 9.17) is 0 Å². The number of nitrogens with one attached hydrogen (secondary N) is 2.